The van der Waals surface area contributed by atoms with Gasteiger partial charge in [-0.05, 0) is 30.2 Å². The van der Waals surface area contributed by atoms with Crippen LogP contribution in [0.25, 0.3) is 20.7 Å². The van der Waals surface area contributed by atoms with Gasteiger partial charge in [-0.15, -0.1) is 11.3 Å². The molecule has 0 amide bonds. The van der Waals surface area contributed by atoms with Crippen molar-refractivity contribution in [1.29, 1.82) is 0 Å². The van der Waals surface area contributed by atoms with Gasteiger partial charge in [-0.3, -0.25) is 4.79 Å². The van der Waals surface area contributed by atoms with Crippen molar-refractivity contribution >= 4 is 21.6 Å². The molecular weight excluding hydrogens is 332 g/mol. The Bertz CT molecular complexity index is 1070. The van der Waals surface area contributed by atoms with E-state index in [9.17, 15) is 4.79 Å². The quantitative estimate of drug-likeness (QED) is 0.589. The number of ether oxygens (including phenoxy) is 1. The van der Waals surface area contributed by atoms with Crippen LogP contribution < -0.4 is 10.3 Å². The maximum Gasteiger partial charge on any atom is 0.260 e. The molecule has 2 aromatic carbocycles. The van der Waals surface area contributed by atoms with E-state index in [4.69, 9.17) is 4.74 Å². The second-order valence-electron chi connectivity index (χ2n) is 5.72. The molecule has 2 heterocycles. The predicted molar refractivity (Wildman–Crippen MR) is 101 cm³/mol. The van der Waals surface area contributed by atoms with E-state index in [1.165, 1.54) is 0 Å². The first-order valence-electron chi connectivity index (χ1n) is 7.98. The molecule has 0 saturated carbocycles. The second kappa shape index (κ2) is 6.53. The lowest BCUT2D eigenvalue weighted by molar-refractivity contribution is 0.296. The van der Waals surface area contributed by atoms with Crippen molar-refractivity contribution in [1.82, 2.24) is 9.97 Å². The molecule has 2 aromatic heterocycles. The summed E-state index contributed by atoms with van der Waals surface area (Å²) in [5.41, 5.74) is 1.95. The smallest absolute Gasteiger partial charge is 0.260 e. The van der Waals surface area contributed by atoms with Gasteiger partial charge in [0.1, 0.15) is 23.0 Å². The van der Waals surface area contributed by atoms with Crippen LogP contribution in [-0.2, 0) is 6.61 Å². The zero-order valence-corrected chi connectivity index (χ0v) is 14.5. The Morgan fingerprint density at radius 1 is 1.04 bits per heavy atom. The van der Waals surface area contributed by atoms with Gasteiger partial charge in [0.05, 0.1) is 5.39 Å². The summed E-state index contributed by atoms with van der Waals surface area (Å²) in [6.07, 6.45) is 0. The summed E-state index contributed by atoms with van der Waals surface area (Å²) in [7, 11) is 0. The first-order chi connectivity index (χ1) is 12.2. The highest BCUT2D eigenvalue weighted by Gasteiger charge is 2.15. The summed E-state index contributed by atoms with van der Waals surface area (Å²) in [5, 5.41) is 0.660. The molecule has 1 N–H and O–H groups in total. The fourth-order valence-corrected chi connectivity index (χ4v) is 4.00. The molecule has 4 aromatic rings. The number of aromatic amines is 1. The molecule has 0 aliphatic rings. The third kappa shape index (κ3) is 3.06. The minimum Gasteiger partial charge on any atom is -0.486 e. The van der Waals surface area contributed by atoms with Crippen molar-refractivity contribution in [3.63, 3.8) is 0 Å². The molecule has 0 fully saturated rings. The Labute approximate surface area is 148 Å². The van der Waals surface area contributed by atoms with Gasteiger partial charge in [-0.2, -0.15) is 0 Å². The summed E-state index contributed by atoms with van der Waals surface area (Å²) >= 11 is 1.54. The van der Waals surface area contributed by atoms with E-state index in [-0.39, 0.29) is 12.2 Å². The van der Waals surface area contributed by atoms with E-state index >= 15 is 0 Å². The van der Waals surface area contributed by atoms with E-state index in [1.807, 2.05) is 67.6 Å². The molecule has 0 aliphatic heterocycles. The van der Waals surface area contributed by atoms with E-state index in [0.29, 0.717) is 11.2 Å². The highest BCUT2D eigenvalue weighted by Crippen LogP contribution is 2.35. The van der Waals surface area contributed by atoms with Crippen LogP contribution in [0.15, 0.2) is 65.5 Å². The van der Waals surface area contributed by atoms with Crippen molar-refractivity contribution in [2.75, 3.05) is 0 Å². The Morgan fingerprint density at radius 2 is 1.72 bits per heavy atom. The molecule has 4 rings (SSSR count). The summed E-state index contributed by atoms with van der Waals surface area (Å²) in [6.45, 7) is 2.20. The molecule has 0 aliphatic carbocycles. The van der Waals surface area contributed by atoms with Crippen LogP contribution in [0, 0.1) is 6.92 Å². The number of fused-ring (bicyclic) bond motifs is 1. The van der Waals surface area contributed by atoms with Gasteiger partial charge in [-0.1, -0.05) is 48.5 Å². The van der Waals surface area contributed by atoms with Crippen molar-refractivity contribution in [3.8, 4) is 16.2 Å². The molecule has 124 valence electrons. The lowest BCUT2D eigenvalue weighted by Gasteiger charge is -2.05. The number of para-hydroxylation sites is 1. The number of nitrogens with zero attached hydrogens (tertiary/aromatic N) is 1. The van der Waals surface area contributed by atoms with Crippen molar-refractivity contribution in [2.45, 2.75) is 13.5 Å². The van der Waals surface area contributed by atoms with Crippen LogP contribution in [-0.4, -0.2) is 9.97 Å². The standard InChI is InChI=1S/C20H16N2O2S/c1-13-17-19(23)21-16(12-24-15-10-6-3-7-11-15)22-20(17)25-18(13)14-8-4-2-5-9-14/h2-11H,12H2,1H3,(H,21,22,23). The van der Waals surface area contributed by atoms with E-state index in [1.54, 1.807) is 11.3 Å². The molecule has 5 heteroatoms. The monoisotopic (exact) mass is 348 g/mol. The molecule has 0 saturated heterocycles. The zero-order valence-electron chi connectivity index (χ0n) is 13.7. The Balaban J connectivity index is 1.71. The predicted octanol–water partition coefficient (Wildman–Crippen LogP) is 4.54. The number of hydrogen-bond donors (Lipinski definition) is 1. The van der Waals surface area contributed by atoms with Gasteiger partial charge in [0.2, 0.25) is 0 Å². The van der Waals surface area contributed by atoms with Crippen LogP contribution in [0.4, 0.5) is 0 Å². The van der Waals surface area contributed by atoms with Crippen molar-refractivity contribution < 1.29 is 4.74 Å². The number of benzene rings is 2. The largest absolute Gasteiger partial charge is 0.486 e. The summed E-state index contributed by atoms with van der Waals surface area (Å²) in [6, 6.07) is 19.6. The van der Waals surface area contributed by atoms with Gasteiger partial charge in [0.15, 0.2) is 0 Å². The van der Waals surface area contributed by atoms with E-state index in [2.05, 4.69) is 9.97 Å². The number of thiophene rings is 1. The molecule has 4 nitrogen and oxygen atoms in total. The molecule has 0 spiro atoms. The van der Waals surface area contributed by atoms with Gasteiger partial charge in [0, 0.05) is 4.88 Å². The molecule has 25 heavy (non-hydrogen) atoms. The molecule has 0 unspecified atom stereocenters. The lowest BCUT2D eigenvalue weighted by Crippen LogP contribution is -2.13. The van der Waals surface area contributed by atoms with Gasteiger partial charge >= 0.3 is 0 Å². The first-order valence-corrected chi connectivity index (χ1v) is 8.79. The number of aromatic nitrogens is 2. The minimum absolute atomic E-state index is 0.118. The van der Waals surface area contributed by atoms with Crippen molar-refractivity contribution in [2.24, 2.45) is 0 Å². The maximum absolute atomic E-state index is 12.5. The fourth-order valence-electron chi connectivity index (χ4n) is 2.79. The lowest BCUT2D eigenvalue weighted by atomic mass is 10.1. The third-order valence-electron chi connectivity index (χ3n) is 4.00. The summed E-state index contributed by atoms with van der Waals surface area (Å²) in [5.74, 6) is 1.28. The molecule has 0 atom stereocenters. The SMILES string of the molecule is Cc1c(-c2ccccc2)sc2nc(COc3ccccc3)[nH]c(=O)c12. The van der Waals surface area contributed by atoms with Crippen LogP contribution in [0.5, 0.6) is 5.75 Å². The summed E-state index contributed by atoms with van der Waals surface area (Å²) < 4.78 is 5.69. The number of aryl methyl sites for hydroxylation is 1. The second-order valence-corrected chi connectivity index (χ2v) is 6.72. The van der Waals surface area contributed by atoms with E-state index < -0.39 is 0 Å². The average Bonchev–Trinajstić information content (AvgIpc) is 2.99. The maximum atomic E-state index is 12.5. The Hall–Kier alpha value is -2.92. The molecule has 0 radical (unpaired) electrons. The van der Waals surface area contributed by atoms with Crippen LogP contribution >= 0.6 is 11.3 Å². The Kier molecular flexibility index (Phi) is 4.07. The van der Waals surface area contributed by atoms with E-state index in [0.717, 1.165) is 26.6 Å². The zero-order chi connectivity index (χ0) is 17.2. The third-order valence-corrected chi connectivity index (χ3v) is 5.24. The van der Waals surface area contributed by atoms with Gasteiger partial charge in [-0.25, -0.2) is 4.98 Å². The Morgan fingerprint density at radius 3 is 2.44 bits per heavy atom. The highest BCUT2D eigenvalue weighted by atomic mass is 32.1. The van der Waals surface area contributed by atoms with Crippen LogP contribution in [0.3, 0.4) is 0 Å². The van der Waals surface area contributed by atoms with Crippen LogP contribution in [0.1, 0.15) is 11.4 Å². The minimum atomic E-state index is -0.118. The fraction of sp³-hybridized carbons (Fsp3) is 0.100. The number of nitrogens with one attached hydrogen (secondary N) is 1. The summed E-state index contributed by atoms with van der Waals surface area (Å²) in [4.78, 5) is 21.8. The molecular formula is C20H16N2O2S. The number of H-pyrrole nitrogens is 1. The normalized spacial score (nSPS) is 10.9. The first kappa shape index (κ1) is 15.6. The average molecular weight is 348 g/mol. The number of rotatable bonds is 4. The van der Waals surface area contributed by atoms with Crippen LogP contribution in [0.2, 0.25) is 0 Å². The van der Waals surface area contributed by atoms with Gasteiger partial charge < -0.3 is 9.72 Å². The van der Waals surface area contributed by atoms with Gasteiger partial charge in [0.25, 0.3) is 5.56 Å². The highest BCUT2D eigenvalue weighted by molar-refractivity contribution is 7.22. The van der Waals surface area contributed by atoms with Crippen molar-refractivity contribution in [3.05, 3.63) is 82.4 Å². The molecule has 0 bridgehead atoms. The number of hydrogen-bond acceptors (Lipinski definition) is 4. The topological polar surface area (TPSA) is 55.0 Å².